The van der Waals surface area contributed by atoms with Gasteiger partial charge < -0.3 is 14.8 Å². The van der Waals surface area contributed by atoms with Crippen molar-refractivity contribution in [2.24, 2.45) is 0 Å². The quantitative estimate of drug-likeness (QED) is 0.292. The maximum Gasteiger partial charge on any atom is 0.266 e. The van der Waals surface area contributed by atoms with Crippen molar-refractivity contribution in [2.45, 2.75) is 19.9 Å². The second-order valence-electron chi connectivity index (χ2n) is 8.25. The number of hydrogen-bond acceptors (Lipinski definition) is 6. The zero-order valence-electron chi connectivity index (χ0n) is 20.2. The molecule has 1 aliphatic heterocycles. The summed E-state index contributed by atoms with van der Waals surface area (Å²) in [5.41, 5.74) is 3.54. The summed E-state index contributed by atoms with van der Waals surface area (Å²) < 4.78 is 11.7. The van der Waals surface area contributed by atoms with Crippen LogP contribution in [-0.4, -0.2) is 34.8 Å². The lowest BCUT2D eigenvalue weighted by molar-refractivity contribution is -0.123. The average molecular weight is 519 g/mol. The Morgan fingerprint density at radius 1 is 1.08 bits per heavy atom. The monoisotopic (exact) mass is 518 g/mol. The van der Waals surface area contributed by atoms with Crippen molar-refractivity contribution >= 4 is 51.9 Å². The van der Waals surface area contributed by atoms with E-state index in [1.54, 1.807) is 23.1 Å². The van der Waals surface area contributed by atoms with Crippen molar-refractivity contribution in [1.82, 2.24) is 4.90 Å². The van der Waals surface area contributed by atoms with Gasteiger partial charge in [-0.3, -0.25) is 14.5 Å². The number of hydrogen-bond donors (Lipinski definition) is 1. The summed E-state index contributed by atoms with van der Waals surface area (Å²) in [5, 5.41) is 2.81. The molecule has 8 heteroatoms. The SMILES string of the molecule is COc1cc(/C=C2\SC(=S)N([C@H](C)c3ccccc3)C2=O)ccc1OCC(=O)Nc1cccc(C)c1. The first-order valence-electron chi connectivity index (χ1n) is 11.3. The lowest BCUT2D eigenvalue weighted by Crippen LogP contribution is -2.30. The second kappa shape index (κ2) is 11.4. The van der Waals surface area contributed by atoms with Crippen LogP contribution in [0.4, 0.5) is 5.69 Å². The summed E-state index contributed by atoms with van der Waals surface area (Å²) in [6.45, 7) is 3.76. The van der Waals surface area contributed by atoms with Crippen molar-refractivity contribution in [3.63, 3.8) is 0 Å². The van der Waals surface area contributed by atoms with E-state index in [1.165, 1.54) is 18.9 Å². The molecule has 0 saturated carbocycles. The standard InChI is InChI=1S/C28H26N2O4S2/c1-18-8-7-11-22(14-18)29-26(31)17-34-23-13-12-20(15-24(23)33-3)16-25-27(32)30(28(35)36-25)19(2)21-9-5-4-6-10-21/h4-16,19H,17H2,1-3H3,(H,29,31)/b25-16-/t19-/m1/s1. The number of ether oxygens (including phenoxy) is 2. The van der Waals surface area contributed by atoms with Gasteiger partial charge >= 0.3 is 0 Å². The van der Waals surface area contributed by atoms with Gasteiger partial charge in [-0.1, -0.05) is 72.5 Å². The van der Waals surface area contributed by atoms with Crippen LogP contribution in [0.1, 0.15) is 29.7 Å². The molecule has 6 nitrogen and oxygen atoms in total. The van der Waals surface area contributed by atoms with E-state index in [-0.39, 0.29) is 24.5 Å². The number of aryl methyl sites for hydroxylation is 1. The number of methoxy groups -OCH3 is 1. The molecular weight excluding hydrogens is 492 g/mol. The molecule has 0 unspecified atom stereocenters. The number of anilines is 1. The summed E-state index contributed by atoms with van der Waals surface area (Å²) in [4.78, 5) is 27.6. The summed E-state index contributed by atoms with van der Waals surface area (Å²) in [7, 11) is 1.53. The molecule has 1 atom stereocenters. The Bertz CT molecular complexity index is 1320. The third-order valence-electron chi connectivity index (χ3n) is 5.64. The molecule has 1 fully saturated rings. The zero-order chi connectivity index (χ0) is 25.7. The van der Waals surface area contributed by atoms with Crippen LogP contribution in [0.2, 0.25) is 0 Å². The van der Waals surface area contributed by atoms with Gasteiger partial charge in [0.15, 0.2) is 18.1 Å². The number of thiocarbonyl (C=S) groups is 1. The number of nitrogens with one attached hydrogen (secondary N) is 1. The largest absolute Gasteiger partial charge is 0.493 e. The number of carbonyl (C=O) groups is 2. The molecule has 0 bridgehead atoms. The first-order valence-corrected chi connectivity index (χ1v) is 12.6. The van der Waals surface area contributed by atoms with Crippen molar-refractivity contribution in [2.75, 3.05) is 19.0 Å². The fraction of sp³-hybridized carbons (Fsp3) is 0.179. The molecule has 1 saturated heterocycles. The molecule has 0 radical (unpaired) electrons. The first kappa shape index (κ1) is 25.5. The fourth-order valence-corrected chi connectivity index (χ4v) is 5.22. The summed E-state index contributed by atoms with van der Waals surface area (Å²) in [6, 6.07) is 22.5. The predicted octanol–water partition coefficient (Wildman–Crippen LogP) is 5.98. The molecular formula is C28H26N2O4S2. The maximum absolute atomic E-state index is 13.2. The minimum absolute atomic E-state index is 0.131. The lowest BCUT2D eigenvalue weighted by Gasteiger charge is -2.23. The van der Waals surface area contributed by atoms with Crippen molar-refractivity contribution in [1.29, 1.82) is 0 Å². The van der Waals surface area contributed by atoms with Gasteiger partial charge in [-0.05, 0) is 60.9 Å². The number of carbonyl (C=O) groups excluding carboxylic acids is 2. The highest BCUT2D eigenvalue weighted by molar-refractivity contribution is 8.26. The number of rotatable bonds is 8. The molecule has 3 aromatic carbocycles. The fourth-order valence-electron chi connectivity index (χ4n) is 3.80. The Kier molecular flexibility index (Phi) is 8.07. The predicted molar refractivity (Wildman–Crippen MR) is 148 cm³/mol. The van der Waals surface area contributed by atoms with Crippen LogP contribution in [0.3, 0.4) is 0 Å². The Hall–Kier alpha value is -3.62. The Morgan fingerprint density at radius 2 is 1.86 bits per heavy atom. The van der Waals surface area contributed by atoms with Gasteiger partial charge in [0, 0.05) is 5.69 Å². The number of thioether (sulfide) groups is 1. The van der Waals surface area contributed by atoms with Gasteiger partial charge in [-0.15, -0.1) is 0 Å². The number of benzene rings is 3. The average Bonchev–Trinajstić information content (AvgIpc) is 3.15. The molecule has 0 spiro atoms. The molecule has 1 aliphatic rings. The topological polar surface area (TPSA) is 67.9 Å². The molecule has 0 aliphatic carbocycles. The Labute approximate surface area is 220 Å². The van der Waals surface area contributed by atoms with Crippen LogP contribution in [0, 0.1) is 6.92 Å². The normalized spacial score (nSPS) is 15.2. The highest BCUT2D eigenvalue weighted by atomic mass is 32.2. The summed E-state index contributed by atoms with van der Waals surface area (Å²) in [5.74, 6) is 0.482. The van der Waals surface area contributed by atoms with E-state index in [0.717, 1.165) is 16.7 Å². The van der Waals surface area contributed by atoms with Gasteiger partial charge in [0.2, 0.25) is 0 Å². The van der Waals surface area contributed by atoms with Crippen LogP contribution < -0.4 is 14.8 Å². The van der Waals surface area contributed by atoms with E-state index >= 15 is 0 Å². The highest BCUT2D eigenvalue weighted by Crippen LogP contribution is 2.38. The van der Waals surface area contributed by atoms with Crippen LogP contribution in [0.5, 0.6) is 11.5 Å². The molecule has 2 amide bonds. The van der Waals surface area contributed by atoms with Gasteiger partial charge in [0.25, 0.3) is 11.8 Å². The summed E-state index contributed by atoms with van der Waals surface area (Å²) in [6.07, 6.45) is 1.79. The second-order valence-corrected chi connectivity index (χ2v) is 9.93. The van der Waals surface area contributed by atoms with Gasteiger partial charge in [0.1, 0.15) is 4.32 Å². The van der Waals surface area contributed by atoms with Gasteiger partial charge in [-0.2, -0.15) is 0 Å². The minimum Gasteiger partial charge on any atom is -0.493 e. The van der Waals surface area contributed by atoms with Crippen LogP contribution in [-0.2, 0) is 9.59 Å². The van der Waals surface area contributed by atoms with Crippen molar-refractivity contribution < 1.29 is 19.1 Å². The smallest absolute Gasteiger partial charge is 0.266 e. The van der Waals surface area contributed by atoms with Crippen LogP contribution in [0.25, 0.3) is 6.08 Å². The van der Waals surface area contributed by atoms with Gasteiger partial charge in [-0.25, -0.2) is 0 Å². The third kappa shape index (κ3) is 5.95. The van der Waals surface area contributed by atoms with Crippen molar-refractivity contribution in [3.8, 4) is 11.5 Å². The van der Waals surface area contributed by atoms with E-state index in [4.69, 9.17) is 21.7 Å². The molecule has 1 N–H and O–H groups in total. The lowest BCUT2D eigenvalue weighted by atomic mass is 10.1. The minimum atomic E-state index is -0.275. The van der Waals surface area contributed by atoms with Crippen LogP contribution in [0.15, 0.2) is 77.7 Å². The molecule has 3 aromatic rings. The zero-order valence-corrected chi connectivity index (χ0v) is 21.8. The number of nitrogens with zero attached hydrogens (tertiary/aromatic N) is 1. The summed E-state index contributed by atoms with van der Waals surface area (Å²) >= 11 is 6.79. The molecule has 0 aromatic heterocycles. The third-order valence-corrected chi connectivity index (χ3v) is 6.97. The molecule has 4 rings (SSSR count). The van der Waals surface area contributed by atoms with E-state index in [9.17, 15) is 9.59 Å². The molecule has 36 heavy (non-hydrogen) atoms. The maximum atomic E-state index is 13.2. The van der Waals surface area contributed by atoms with E-state index in [1.807, 2.05) is 74.5 Å². The van der Waals surface area contributed by atoms with E-state index in [0.29, 0.717) is 26.4 Å². The Morgan fingerprint density at radius 3 is 2.58 bits per heavy atom. The highest BCUT2D eigenvalue weighted by Gasteiger charge is 2.35. The van der Waals surface area contributed by atoms with Crippen LogP contribution >= 0.6 is 24.0 Å². The van der Waals surface area contributed by atoms with E-state index < -0.39 is 0 Å². The number of amides is 2. The van der Waals surface area contributed by atoms with Crippen molar-refractivity contribution in [3.05, 3.63) is 94.4 Å². The molecule has 184 valence electrons. The van der Waals surface area contributed by atoms with E-state index in [2.05, 4.69) is 5.32 Å². The first-order chi connectivity index (χ1) is 17.4. The molecule has 1 heterocycles. The Balaban J connectivity index is 1.44. The van der Waals surface area contributed by atoms with Gasteiger partial charge in [0.05, 0.1) is 18.1 Å².